The summed E-state index contributed by atoms with van der Waals surface area (Å²) in [6, 6.07) is 5.68. The molecule has 1 aliphatic rings. The van der Waals surface area contributed by atoms with E-state index in [1.165, 1.54) is 0 Å². The van der Waals surface area contributed by atoms with Gasteiger partial charge in [0.1, 0.15) is 0 Å². The first-order valence-electron chi connectivity index (χ1n) is 6.12. The monoisotopic (exact) mass is 266 g/mol. The van der Waals surface area contributed by atoms with Crippen LogP contribution in [-0.2, 0) is 4.79 Å². The lowest BCUT2D eigenvalue weighted by atomic mass is 10.2. The quantitative estimate of drug-likeness (QED) is 0.645. The summed E-state index contributed by atoms with van der Waals surface area (Å²) in [5.74, 6) is 0.121. The third-order valence-electron chi connectivity index (χ3n) is 2.98. The number of carbonyl (C=O) groups excluding carboxylic acids is 1. The van der Waals surface area contributed by atoms with E-state index in [1.807, 2.05) is 25.1 Å². The molecule has 0 spiro atoms. The van der Waals surface area contributed by atoms with Crippen LogP contribution in [0.15, 0.2) is 23.1 Å². The number of aliphatic hydroxyl groups excluding tert-OH is 1. The normalized spacial score (nSPS) is 18.9. The minimum atomic E-state index is -0.0600. The van der Waals surface area contributed by atoms with Gasteiger partial charge < -0.3 is 15.7 Å². The first-order chi connectivity index (χ1) is 8.63. The average Bonchev–Trinajstić information content (AvgIpc) is 2.35. The van der Waals surface area contributed by atoms with Gasteiger partial charge in [-0.3, -0.25) is 4.79 Å². The fraction of sp³-hybridized carbons (Fsp3) is 0.462. The maximum atomic E-state index is 12.2. The van der Waals surface area contributed by atoms with Crippen LogP contribution in [0.5, 0.6) is 0 Å². The van der Waals surface area contributed by atoms with Gasteiger partial charge in [0.2, 0.25) is 5.91 Å². The summed E-state index contributed by atoms with van der Waals surface area (Å²) < 4.78 is 0. The molecule has 0 radical (unpaired) electrons. The number of anilines is 2. The SMILES string of the molecule is CC1Sc2ccc(N)cc2N(CCCCO)C1=O. The zero-order chi connectivity index (χ0) is 13.1. The Bertz CT molecular complexity index is 451. The second-order valence-corrected chi connectivity index (χ2v) is 5.79. The highest BCUT2D eigenvalue weighted by atomic mass is 32.2. The average molecular weight is 266 g/mol. The van der Waals surface area contributed by atoms with Gasteiger partial charge in [-0.05, 0) is 38.0 Å². The van der Waals surface area contributed by atoms with E-state index < -0.39 is 0 Å². The Morgan fingerprint density at radius 3 is 2.94 bits per heavy atom. The fourth-order valence-corrected chi connectivity index (χ4v) is 3.08. The van der Waals surface area contributed by atoms with Gasteiger partial charge in [-0.2, -0.15) is 0 Å². The molecule has 1 unspecified atom stereocenters. The zero-order valence-electron chi connectivity index (χ0n) is 10.4. The second kappa shape index (κ2) is 5.63. The van der Waals surface area contributed by atoms with E-state index in [0.717, 1.165) is 17.0 Å². The van der Waals surface area contributed by atoms with Gasteiger partial charge in [0.25, 0.3) is 0 Å². The van der Waals surface area contributed by atoms with Crippen molar-refractivity contribution in [3.8, 4) is 0 Å². The topological polar surface area (TPSA) is 66.6 Å². The smallest absolute Gasteiger partial charge is 0.240 e. The number of fused-ring (bicyclic) bond motifs is 1. The largest absolute Gasteiger partial charge is 0.399 e. The van der Waals surface area contributed by atoms with E-state index in [4.69, 9.17) is 10.8 Å². The number of hydrogen-bond donors (Lipinski definition) is 2. The number of hydrogen-bond acceptors (Lipinski definition) is 4. The number of benzene rings is 1. The first kappa shape index (κ1) is 13.2. The second-order valence-electron chi connectivity index (χ2n) is 4.41. The molecule has 0 saturated heterocycles. The molecule has 1 heterocycles. The van der Waals surface area contributed by atoms with Gasteiger partial charge in [0.15, 0.2) is 0 Å². The van der Waals surface area contributed by atoms with E-state index in [1.54, 1.807) is 16.7 Å². The number of nitrogens with zero attached hydrogens (tertiary/aromatic N) is 1. The lowest BCUT2D eigenvalue weighted by molar-refractivity contribution is -0.118. The van der Waals surface area contributed by atoms with Crippen LogP contribution in [0.4, 0.5) is 11.4 Å². The van der Waals surface area contributed by atoms with Crippen LogP contribution in [0.2, 0.25) is 0 Å². The Balaban J connectivity index is 2.26. The minimum Gasteiger partial charge on any atom is -0.399 e. The van der Waals surface area contributed by atoms with Crippen molar-refractivity contribution in [2.45, 2.75) is 29.9 Å². The number of nitrogen functional groups attached to an aromatic ring is 1. The van der Waals surface area contributed by atoms with Crippen LogP contribution in [0, 0.1) is 0 Å². The van der Waals surface area contributed by atoms with Crippen molar-refractivity contribution in [1.82, 2.24) is 0 Å². The van der Waals surface area contributed by atoms with Crippen molar-refractivity contribution in [1.29, 1.82) is 0 Å². The summed E-state index contributed by atoms with van der Waals surface area (Å²) in [4.78, 5) is 15.1. The maximum Gasteiger partial charge on any atom is 0.240 e. The molecule has 5 heteroatoms. The molecule has 3 N–H and O–H groups in total. The molecule has 0 fully saturated rings. The highest BCUT2D eigenvalue weighted by molar-refractivity contribution is 8.00. The van der Waals surface area contributed by atoms with Crippen LogP contribution in [0.25, 0.3) is 0 Å². The number of aliphatic hydroxyl groups is 1. The summed E-state index contributed by atoms with van der Waals surface area (Å²) in [7, 11) is 0. The van der Waals surface area contributed by atoms with Crippen molar-refractivity contribution in [2.75, 3.05) is 23.8 Å². The summed E-state index contributed by atoms with van der Waals surface area (Å²) in [5.41, 5.74) is 7.37. The predicted molar refractivity (Wildman–Crippen MR) is 74.8 cm³/mol. The van der Waals surface area contributed by atoms with E-state index in [9.17, 15) is 4.79 Å². The van der Waals surface area contributed by atoms with Crippen molar-refractivity contribution in [3.05, 3.63) is 18.2 Å². The molecule has 1 atom stereocenters. The van der Waals surface area contributed by atoms with E-state index in [0.29, 0.717) is 18.7 Å². The third-order valence-corrected chi connectivity index (χ3v) is 4.14. The highest BCUT2D eigenvalue weighted by Crippen LogP contribution is 2.40. The van der Waals surface area contributed by atoms with Gasteiger partial charge in [0.05, 0.1) is 10.9 Å². The molecule has 18 heavy (non-hydrogen) atoms. The van der Waals surface area contributed by atoms with Gasteiger partial charge in [-0.15, -0.1) is 11.8 Å². The van der Waals surface area contributed by atoms with Crippen molar-refractivity contribution in [3.63, 3.8) is 0 Å². The maximum absolute atomic E-state index is 12.2. The third kappa shape index (κ3) is 2.62. The molecule has 1 aliphatic heterocycles. The molecule has 4 nitrogen and oxygen atoms in total. The van der Waals surface area contributed by atoms with E-state index in [2.05, 4.69) is 0 Å². The lowest BCUT2D eigenvalue weighted by Crippen LogP contribution is -2.40. The molecule has 0 aliphatic carbocycles. The summed E-state index contributed by atoms with van der Waals surface area (Å²) in [6.07, 6.45) is 1.51. The zero-order valence-corrected chi connectivity index (χ0v) is 11.2. The lowest BCUT2D eigenvalue weighted by Gasteiger charge is -2.32. The summed E-state index contributed by atoms with van der Waals surface area (Å²) in [6.45, 7) is 2.72. The van der Waals surface area contributed by atoms with Crippen LogP contribution in [-0.4, -0.2) is 29.4 Å². The van der Waals surface area contributed by atoms with E-state index >= 15 is 0 Å². The molecular weight excluding hydrogens is 248 g/mol. The van der Waals surface area contributed by atoms with Crippen molar-refractivity contribution >= 4 is 29.0 Å². The van der Waals surface area contributed by atoms with Crippen LogP contribution in [0.3, 0.4) is 0 Å². The molecule has 1 aromatic rings. The van der Waals surface area contributed by atoms with Crippen molar-refractivity contribution < 1.29 is 9.90 Å². The first-order valence-corrected chi connectivity index (χ1v) is 7.00. The molecule has 2 rings (SSSR count). The summed E-state index contributed by atoms with van der Waals surface area (Å²) >= 11 is 1.58. The Morgan fingerprint density at radius 1 is 1.44 bits per heavy atom. The molecule has 0 bridgehead atoms. The van der Waals surface area contributed by atoms with Gasteiger partial charge in [-0.25, -0.2) is 0 Å². The number of thioether (sulfide) groups is 1. The number of unbranched alkanes of at least 4 members (excludes halogenated alkanes) is 1. The van der Waals surface area contributed by atoms with Crippen LogP contribution < -0.4 is 10.6 Å². The van der Waals surface area contributed by atoms with Crippen LogP contribution >= 0.6 is 11.8 Å². The van der Waals surface area contributed by atoms with Gasteiger partial charge in [-0.1, -0.05) is 0 Å². The predicted octanol–water partition coefficient (Wildman–Crippen LogP) is 1.87. The fourth-order valence-electron chi connectivity index (χ4n) is 2.04. The minimum absolute atomic E-state index is 0.0600. The molecular formula is C13H18N2O2S. The number of nitrogens with two attached hydrogens (primary N) is 1. The Morgan fingerprint density at radius 2 is 2.22 bits per heavy atom. The molecule has 0 aromatic heterocycles. The Labute approximate surface area is 111 Å². The van der Waals surface area contributed by atoms with Crippen molar-refractivity contribution in [2.24, 2.45) is 0 Å². The Hall–Kier alpha value is -1.20. The standard InChI is InChI=1S/C13H18N2O2S/c1-9-13(17)15(6-2-3-7-16)11-8-10(14)4-5-12(11)18-9/h4-5,8-9,16H,2-3,6-7,14H2,1H3. The van der Waals surface area contributed by atoms with Gasteiger partial charge >= 0.3 is 0 Å². The van der Waals surface area contributed by atoms with Gasteiger partial charge in [0, 0.05) is 23.7 Å². The van der Waals surface area contributed by atoms with Crippen LogP contribution in [0.1, 0.15) is 19.8 Å². The number of carbonyl (C=O) groups is 1. The van der Waals surface area contributed by atoms with E-state index in [-0.39, 0.29) is 17.8 Å². The molecule has 1 amide bonds. The molecule has 98 valence electrons. The summed E-state index contributed by atoms with van der Waals surface area (Å²) in [5, 5.41) is 8.77. The molecule has 1 aromatic carbocycles. The Kier molecular flexibility index (Phi) is 4.14. The number of amides is 1. The molecule has 0 saturated carbocycles. The highest BCUT2D eigenvalue weighted by Gasteiger charge is 2.30. The number of rotatable bonds is 4.